The van der Waals surface area contributed by atoms with Crippen molar-refractivity contribution in [2.45, 2.75) is 13.8 Å². The molecule has 0 atom stereocenters. The first-order valence-corrected chi connectivity index (χ1v) is 11.1. The number of carbonyl (C=O) groups excluding carboxylic acids is 1. The lowest BCUT2D eigenvalue weighted by Gasteiger charge is -2.07. The molecule has 4 heteroatoms. The van der Waals surface area contributed by atoms with E-state index >= 15 is 0 Å². The van der Waals surface area contributed by atoms with Gasteiger partial charge in [0.25, 0.3) is 0 Å². The second-order valence-electron chi connectivity index (χ2n) is 8.22. The molecule has 0 N–H and O–H groups in total. The third-order valence-corrected chi connectivity index (χ3v) is 5.54. The molecule has 34 heavy (non-hydrogen) atoms. The highest BCUT2D eigenvalue weighted by atomic mass is 16.5. The van der Waals surface area contributed by atoms with Gasteiger partial charge in [-0.2, -0.15) is 0 Å². The number of esters is 1. The fraction of sp³-hybridized carbons (Fsp3) is 0.0667. The summed E-state index contributed by atoms with van der Waals surface area (Å²) in [6.07, 6.45) is 0. The minimum Gasteiger partial charge on any atom is -0.456 e. The van der Waals surface area contributed by atoms with E-state index in [2.05, 4.69) is 6.07 Å². The van der Waals surface area contributed by atoms with Gasteiger partial charge in [-0.3, -0.25) is 0 Å². The molecule has 0 radical (unpaired) electrons. The van der Waals surface area contributed by atoms with Gasteiger partial charge in [-0.15, -0.1) is 0 Å². The Balaban J connectivity index is 1.49. The SMILES string of the molecule is Cc1ccc(C(=O)Oc2ccc(N=c3cc(-c4ccccc4)oc4ccc(C)cc34)cc2)cc1. The van der Waals surface area contributed by atoms with Gasteiger partial charge in [-0.25, -0.2) is 9.79 Å². The second-order valence-corrected chi connectivity index (χ2v) is 8.22. The number of rotatable bonds is 4. The van der Waals surface area contributed by atoms with Gasteiger partial charge in [0.1, 0.15) is 17.1 Å². The Hall–Kier alpha value is -4.44. The van der Waals surface area contributed by atoms with Crippen molar-refractivity contribution in [2.24, 2.45) is 4.99 Å². The fourth-order valence-electron chi connectivity index (χ4n) is 3.70. The van der Waals surface area contributed by atoms with Gasteiger partial charge in [0, 0.05) is 17.0 Å². The van der Waals surface area contributed by atoms with Gasteiger partial charge in [-0.1, -0.05) is 59.7 Å². The maximum absolute atomic E-state index is 12.4. The molecule has 5 aromatic rings. The van der Waals surface area contributed by atoms with Crippen LogP contribution >= 0.6 is 0 Å². The predicted octanol–water partition coefficient (Wildman–Crippen LogP) is 7.17. The van der Waals surface area contributed by atoms with Crippen LogP contribution in [0.2, 0.25) is 0 Å². The van der Waals surface area contributed by atoms with E-state index < -0.39 is 0 Å². The van der Waals surface area contributed by atoms with Crippen molar-refractivity contribution in [3.63, 3.8) is 0 Å². The lowest BCUT2D eigenvalue weighted by molar-refractivity contribution is 0.0735. The molecular weight excluding hydrogens is 422 g/mol. The van der Waals surface area contributed by atoms with Gasteiger partial charge < -0.3 is 9.15 Å². The summed E-state index contributed by atoms with van der Waals surface area (Å²) in [5, 5.41) is 1.75. The first kappa shape index (κ1) is 21.4. The zero-order valence-corrected chi connectivity index (χ0v) is 19.0. The summed E-state index contributed by atoms with van der Waals surface area (Å²) in [5.41, 5.74) is 5.25. The van der Waals surface area contributed by atoms with Crippen molar-refractivity contribution in [1.29, 1.82) is 0 Å². The van der Waals surface area contributed by atoms with Gasteiger partial charge in [0.2, 0.25) is 0 Å². The van der Waals surface area contributed by atoms with Gasteiger partial charge >= 0.3 is 5.97 Å². The van der Waals surface area contributed by atoms with Gasteiger partial charge in [0.05, 0.1) is 16.6 Å². The summed E-state index contributed by atoms with van der Waals surface area (Å²) in [6, 6.07) is 32.5. The molecule has 0 amide bonds. The van der Waals surface area contributed by atoms with E-state index in [9.17, 15) is 4.79 Å². The lowest BCUT2D eigenvalue weighted by atomic mass is 10.1. The summed E-state index contributed by atoms with van der Waals surface area (Å²) in [6.45, 7) is 4.02. The Morgan fingerprint density at radius 3 is 2.21 bits per heavy atom. The maximum atomic E-state index is 12.4. The molecule has 4 nitrogen and oxygen atoms in total. The van der Waals surface area contributed by atoms with E-state index in [0.29, 0.717) is 11.3 Å². The first-order valence-electron chi connectivity index (χ1n) is 11.1. The Kier molecular flexibility index (Phi) is 5.79. The largest absolute Gasteiger partial charge is 0.456 e. The normalized spacial score (nSPS) is 11.5. The number of ether oxygens (including phenoxy) is 1. The third kappa shape index (κ3) is 4.66. The van der Waals surface area contributed by atoms with Crippen LogP contribution in [0.1, 0.15) is 21.5 Å². The minimum absolute atomic E-state index is 0.386. The van der Waals surface area contributed by atoms with Crippen LogP contribution in [-0.4, -0.2) is 5.97 Å². The van der Waals surface area contributed by atoms with Crippen LogP contribution in [0.25, 0.3) is 22.3 Å². The average Bonchev–Trinajstić information content (AvgIpc) is 2.86. The molecule has 166 valence electrons. The summed E-state index contributed by atoms with van der Waals surface area (Å²) in [7, 11) is 0. The lowest BCUT2D eigenvalue weighted by Crippen LogP contribution is -2.08. The van der Waals surface area contributed by atoms with Crippen molar-refractivity contribution in [3.05, 3.63) is 125 Å². The Labute approximate surface area is 197 Å². The molecule has 0 saturated carbocycles. The van der Waals surface area contributed by atoms with Crippen molar-refractivity contribution < 1.29 is 13.9 Å². The van der Waals surface area contributed by atoms with E-state index in [4.69, 9.17) is 14.1 Å². The number of aryl methyl sites for hydroxylation is 2. The summed E-state index contributed by atoms with van der Waals surface area (Å²) in [4.78, 5) is 17.3. The smallest absolute Gasteiger partial charge is 0.343 e. The van der Waals surface area contributed by atoms with Crippen molar-refractivity contribution in [2.75, 3.05) is 0 Å². The maximum Gasteiger partial charge on any atom is 0.343 e. The monoisotopic (exact) mass is 445 g/mol. The average molecular weight is 446 g/mol. The van der Waals surface area contributed by atoms with Crippen LogP contribution in [0.15, 0.2) is 113 Å². The number of carbonyl (C=O) groups is 1. The number of benzene rings is 4. The predicted molar refractivity (Wildman–Crippen MR) is 134 cm³/mol. The molecule has 4 aromatic carbocycles. The van der Waals surface area contributed by atoms with Crippen molar-refractivity contribution in [3.8, 4) is 17.1 Å². The van der Waals surface area contributed by atoms with Gasteiger partial charge in [-0.05, 0) is 62.4 Å². The highest BCUT2D eigenvalue weighted by Gasteiger charge is 2.09. The number of nitrogens with zero attached hydrogens (tertiary/aromatic N) is 1. The molecule has 0 aliphatic carbocycles. The van der Waals surface area contributed by atoms with Crippen LogP contribution in [0.5, 0.6) is 5.75 Å². The van der Waals surface area contributed by atoms with Crippen LogP contribution in [0.4, 0.5) is 5.69 Å². The van der Waals surface area contributed by atoms with Crippen molar-refractivity contribution >= 4 is 22.6 Å². The highest BCUT2D eigenvalue weighted by Crippen LogP contribution is 2.24. The van der Waals surface area contributed by atoms with Crippen LogP contribution in [-0.2, 0) is 0 Å². The zero-order valence-electron chi connectivity index (χ0n) is 19.0. The Morgan fingerprint density at radius 1 is 0.765 bits per heavy atom. The van der Waals surface area contributed by atoms with E-state index in [-0.39, 0.29) is 5.97 Å². The van der Waals surface area contributed by atoms with E-state index in [1.165, 1.54) is 0 Å². The van der Waals surface area contributed by atoms with Crippen LogP contribution in [0, 0.1) is 13.8 Å². The first-order chi connectivity index (χ1) is 16.5. The number of fused-ring (bicyclic) bond motifs is 1. The topological polar surface area (TPSA) is 51.8 Å². The van der Waals surface area contributed by atoms with Crippen LogP contribution in [0.3, 0.4) is 0 Å². The van der Waals surface area contributed by atoms with E-state index in [1.54, 1.807) is 24.3 Å². The Bertz CT molecular complexity index is 1530. The summed E-state index contributed by atoms with van der Waals surface area (Å²) >= 11 is 0. The molecule has 5 rings (SSSR count). The molecule has 0 aliphatic heterocycles. The third-order valence-electron chi connectivity index (χ3n) is 5.54. The summed E-state index contributed by atoms with van der Waals surface area (Å²) in [5.74, 6) is 0.834. The molecule has 0 spiro atoms. The van der Waals surface area contributed by atoms with Crippen molar-refractivity contribution in [1.82, 2.24) is 0 Å². The molecule has 0 saturated heterocycles. The van der Waals surface area contributed by atoms with E-state index in [0.717, 1.165) is 44.5 Å². The highest BCUT2D eigenvalue weighted by molar-refractivity contribution is 5.91. The number of hydrogen-bond acceptors (Lipinski definition) is 4. The molecular formula is C30H23NO3. The zero-order chi connectivity index (χ0) is 23.5. The van der Waals surface area contributed by atoms with Crippen LogP contribution < -0.4 is 10.1 Å². The second kappa shape index (κ2) is 9.20. The number of hydrogen-bond donors (Lipinski definition) is 0. The molecule has 1 aromatic heterocycles. The molecule has 0 unspecified atom stereocenters. The Morgan fingerprint density at radius 2 is 1.47 bits per heavy atom. The fourth-order valence-corrected chi connectivity index (χ4v) is 3.70. The molecule has 0 aliphatic rings. The standard InChI is InChI=1S/C30H23NO3/c1-20-8-11-23(12-9-20)30(32)33-25-15-13-24(14-16-25)31-27-19-29(22-6-4-3-5-7-22)34-28-17-10-21(2)18-26(27)28/h3-19H,1-2H3. The summed E-state index contributed by atoms with van der Waals surface area (Å²) < 4.78 is 11.7. The molecule has 0 fully saturated rings. The molecule has 1 heterocycles. The van der Waals surface area contributed by atoms with E-state index in [1.807, 2.05) is 86.6 Å². The molecule has 0 bridgehead atoms. The minimum atomic E-state index is -0.386. The quantitative estimate of drug-likeness (QED) is 0.218. The van der Waals surface area contributed by atoms with Gasteiger partial charge in [0.15, 0.2) is 0 Å².